The minimum atomic E-state index is 0.0510. The molecule has 0 radical (unpaired) electrons. The van der Waals surface area contributed by atoms with Gasteiger partial charge in [0.05, 0.1) is 12.6 Å². The fourth-order valence-corrected chi connectivity index (χ4v) is 5.86. The zero-order valence-electron chi connectivity index (χ0n) is 16.2. The summed E-state index contributed by atoms with van der Waals surface area (Å²) in [6, 6.07) is 4.59. The van der Waals surface area contributed by atoms with Crippen LogP contribution in [-0.2, 0) is 19.4 Å². The van der Waals surface area contributed by atoms with E-state index in [0.29, 0.717) is 12.5 Å². The van der Waals surface area contributed by atoms with E-state index in [-0.39, 0.29) is 18.1 Å². The number of amides is 2. The number of aromatic nitrogens is 1. The van der Waals surface area contributed by atoms with Gasteiger partial charge in [-0.1, -0.05) is 13.8 Å². The van der Waals surface area contributed by atoms with Gasteiger partial charge in [-0.05, 0) is 63.1 Å². The molecule has 2 aromatic heterocycles. The Hall–Kier alpha value is -1.75. The molecule has 1 unspecified atom stereocenters. The van der Waals surface area contributed by atoms with Crippen LogP contribution in [0.3, 0.4) is 0 Å². The minimum Gasteiger partial charge on any atom is -0.336 e. The van der Waals surface area contributed by atoms with Crippen LogP contribution in [0.4, 0.5) is 4.79 Å². The lowest BCUT2D eigenvalue weighted by Crippen LogP contribution is -2.45. The molecule has 1 aliphatic heterocycles. The summed E-state index contributed by atoms with van der Waals surface area (Å²) in [7, 11) is 0. The van der Waals surface area contributed by atoms with Crippen molar-refractivity contribution in [3.63, 3.8) is 0 Å². The van der Waals surface area contributed by atoms with Crippen molar-refractivity contribution >= 4 is 17.4 Å². The van der Waals surface area contributed by atoms with Crippen LogP contribution in [0.1, 0.15) is 68.3 Å². The molecule has 0 bridgehead atoms. The molecule has 26 heavy (non-hydrogen) atoms. The first kappa shape index (κ1) is 17.7. The zero-order valence-corrected chi connectivity index (χ0v) is 17.0. The van der Waals surface area contributed by atoms with Crippen LogP contribution < -0.4 is 5.32 Å². The Balaban J connectivity index is 1.86. The standard InChI is InChI=1S/C21H29N3OS/c1-13(2)19-17-9-7-11-23(17)20-16(12-24(19)21(25)22-14(3)4)15-8-5-6-10-18(15)26-20/h7,9,11,13-14,19H,5-6,8,10,12H2,1-4H3,(H,22,25). The van der Waals surface area contributed by atoms with E-state index in [1.54, 1.807) is 0 Å². The summed E-state index contributed by atoms with van der Waals surface area (Å²) in [4.78, 5) is 16.7. The molecule has 4 rings (SSSR count). The molecular weight excluding hydrogens is 342 g/mol. The van der Waals surface area contributed by atoms with Crippen LogP contribution in [-0.4, -0.2) is 21.5 Å². The number of hydrogen-bond acceptors (Lipinski definition) is 2. The third kappa shape index (κ3) is 2.86. The van der Waals surface area contributed by atoms with Gasteiger partial charge >= 0.3 is 6.03 Å². The number of rotatable bonds is 2. The number of carbonyl (C=O) groups excluding carboxylic acids is 1. The number of nitrogens with zero attached hydrogens (tertiary/aromatic N) is 2. The lowest BCUT2D eigenvalue weighted by Gasteiger charge is -2.34. The number of hydrogen-bond donors (Lipinski definition) is 1. The van der Waals surface area contributed by atoms with E-state index in [2.05, 4.69) is 47.0 Å². The SMILES string of the molecule is CC(C)NC(=O)N1Cc2c(sc3c2CCCC3)-n2cccc2C1C(C)C. The highest BCUT2D eigenvalue weighted by Crippen LogP contribution is 2.43. The van der Waals surface area contributed by atoms with Gasteiger partial charge in [0.25, 0.3) is 0 Å². The molecule has 0 spiro atoms. The van der Waals surface area contributed by atoms with Crippen LogP contribution >= 0.6 is 11.3 Å². The lowest BCUT2D eigenvalue weighted by atomic mass is 9.94. The van der Waals surface area contributed by atoms with Crippen molar-refractivity contribution in [3.8, 4) is 5.00 Å². The first-order chi connectivity index (χ1) is 12.5. The summed E-state index contributed by atoms with van der Waals surface area (Å²) in [5.41, 5.74) is 4.13. The molecule has 0 saturated carbocycles. The van der Waals surface area contributed by atoms with Crippen molar-refractivity contribution in [1.29, 1.82) is 0 Å². The van der Waals surface area contributed by atoms with Crippen LogP contribution in [0, 0.1) is 5.92 Å². The van der Waals surface area contributed by atoms with Gasteiger partial charge in [0.1, 0.15) is 5.00 Å². The van der Waals surface area contributed by atoms with E-state index < -0.39 is 0 Å². The van der Waals surface area contributed by atoms with E-state index in [1.807, 2.05) is 25.2 Å². The molecule has 140 valence electrons. The molecule has 1 aliphatic carbocycles. The fourth-order valence-electron chi connectivity index (χ4n) is 4.45. The van der Waals surface area contributed by atoms with Gasteiger partial charge in [0.15, 0.2) is 0 Å². The number of carbonyl (C=O) groups is 1. The van der Waals surface area contributed by atoms with Crippen molar-refractivity contribution < 1.29 is 4.79 Å². The molecule has 2 aliphatic rings. The Morgan fingerprint density at radius 3 is 2.69 bits per heavy atom. The van der Waals surface area contributed by atoms with E-state index in [0.717, 1.165) is 6.42 Å². The van der Waals surface area contributed by atoms with E-state index in [9.17, 15) is 4.79 Å². The zero-order chi connectivity index (χ0) is 18.4. The van der Waals surface area contributed by atoms with E-state index in [1.165, 1.54) is 46.0 Å². The quantitative estimate of drug-likeness (QED) is 0.788. The van der Waals surface area contributed by atoms with Crippen LogP contribution in [0.25, 0.3) is 5.00 Å². The fraction of sp³-hybridized carbons (Fsp3) is 0.571. The molecule has 0 aromatic carbocycles. The maximum atomic E-state index is 13.1. The first-order valence-electron chi connectivity index (χ1n) is 9.85. The highest BCUT2D eigenvalue weighted by Gasteiger charge is 2.36. The molecule has 1 N–H and O–H groups in total. The second kappa shape index (κ2) is 6.76. The van der Waals surface area contributed by atoms with Gasteiger partial charge < -0.3 is 14.8 Å². The summed E-state index contributed by atoms with van der Waals surface area (Å²) in [6.07, 6.45) is 7.08. The summed E-state index contributed by atoms with van der Waals surface area (Å²) in [6.45, 7) is 9.20. The lowest BCUT2D eigenvalue weighted by molar-refractivity contribution is 0.147. The Morgan fingerprint density at radius 2 is 1.96 bits per heavy atom. The van der Waals surface area contributed by atoms with Crippen LogP contribution in [0.5, 0.6) is 0 Å². The summed E-state index contributed by atoms with van der Waals surface area (Å²) in [5, 5.41) is 4.47. The van der Waals surface area contributed by atoms with Crippen molar-refractivity contribution in [2.24, 2.45) is 5.92 Å². The number of aryl methyl sites for hydroxylation is 1. The number of fused-ring (bicyclic) bond motifs is 5. The Bertz CT molecular complexity index is 817. The average molecular weight is 372 g/mol. The van der Waals surface area contributed by atoms with Crippen molar-refractivity contribution in [2.75, 3.05) is 0 Å². The number of thiophene rings is 1. The Morgan fingerprint density at radius 1 is 1.19 bits per heavy atom. The highest BCUT2D eigenvalue weighted by atomic mass is 32.1. The van der Waals surface area contributed by atoms with E-state index in [4.69, 9.17) is 0 Å². The van der Waals surface area contributed by atoms with Gasteiger partial charge in [-0.15, -0.1) is 11.3 Å². The summed E-state index contributed by atoms with van der Waals surface area (Å²) < 4.78 is 2.35. The number of nitrogens with one attached hydrogen (secondary N) is 1. The predicted molar refractivity (Wildman–Crippen MR) is 107 cm³/mol. The van der Waals surface area contributed by atoms with Gasteiger partial charge in [-0.2, -0.15) is 0 Å². The summed E-state index contributed by atoms with van der Waals surface area (Å²) >= 11 is 1.94. The Kier molecular flexibility index (Phi) is 4.59. The first-order valence-corrected chi connectivity index (χ1v) is 10.7. The second-order valence-corrected chi connectivity index (χ2v) is 9.30. The van der Waals surface area contributed by atoms with Gasteiger partial charge in [0, 0.05) is 28.4 Å². The maximum Gasteiger partial charge on any atom is 0.318 e. The monoisotopic (exact) mass is 371 g/mol. The van der Waals surface area contributed by atoms with Gasteiger partial charge in [-0.3, -0.25) is 0 Å². The molecule has 0 fully saturated rings. The third-order valence-electron chi connectivity index (χ3n) is 5.53. The van der Waals surface area contributed by atoms with Gasteiger partial charge in [-0.25, -0.2) is 4.79 Å². The average Bonchev–Trinajstić information content (AvgIpc) is 3.15. The van der Waals surface area contributed by atoms with Crippen LogP contribution in [0.15, 0.2) is 18.3 Å². The minimum absolute atomic E-state index is 0.0510. The molecule has 0 saturated heterocycles. The maximum absolute atomic E-state index is 13.1. The third-order valence-corrected chi connectivity index (χ3v) is 6.86. The summed E-state index contributed by atoms with van der Waals surface area (Å²) in [5.74, 6) is 0.353. The molecule has 5 heteroatoms. The highest BCUT2D eigenvalue weighted by molar-refractivity contribution is 7.15. The van der Waals surface area contributed by atoms with Crippen molar-refractivity contribution in [2.45, 2.75) is 72.0 Å². The topological polar surface area (TPSA) is 37.3 Å². The molecule has 2 amide bonds. The number of urea groups is 1. The predicted octanol–water partition coefficient (Wildman–Crippen LogP) is 5.05. The normalized spacial score (nSPS) is 19.2. The molecule has 4 nitrogen and oxygen atoms in total. The molecular formula is C21H29N3OS. The van der Waals surface area contributed by atoms with E-state index >= 15 is 0 Å². The molecule has 1 atom stereocenters. The van der Waals surface area contributed by atoms with Crippen molar-refractivity contribution in [1.82, 2.24) is 14.8 Å². The smallest absolute Gasteiger partial charge is 0.318 e. The van der Waals surface area contributed by atoms with Crippen LogP contribution in [0.2, 0.25) is 0 Å². The molecule has 3 heterocycles. The second-order valence-electron chi connectivity index (χ2n) is 8.22. The largest absolute Gasteiger partial charge is 0.336 e. The van der Waals surface area contributed by atoms with Gasteiger partial charge in [0.2, 0.25) is 0 Å². The van der Waals surface area contributed by atoms with Crippen molar-refractivity contribution in [3.05, 3.63) is 40.0 Å². The Labute approximate surface area is 160 Å². The molecule has 2 aromatic rings.